The summed E-state index contributed by atoms with van der Waals surface area (Å²) in [5.41, 5.74) is 2.91. The van der Waals surface area contributed by atoms with Crippen LogP contribution in [0.15, 0.2) is 11.1 Å². The van der Waals surface area contributed by atoms with Crippen molar-refractivity contribution < 1.29 is 10.2 Å². The Bertz CT molecular complexity index is 636. The van der Waals surface area contributed by atoms with Crippen molar-refractivity contribution in [3.63, 3.8) is 0 Å². The second-order valence-corrected chi connectivity index (χ2v) is 12.2. The quantitative estimate of drug-likeness (QED) is 0.515. The van der Waals surface area contributed by atoms with Crippen molar-refractivity contribution >= 4 is 0 Å². The molecule has 0 aromatic carbocycles. The molecule has 4 rings (SSSR count). The van der Waals surface area contributed by atoms with E-state index in [1.54, 1.807) is 0 Å². The molecule has 2 N–H and O–H groups in total. The first-order chi connectivity index (χ1) is 13.7. The van der Waals surface area contributed by atoms with Crippen LogP contribution in [0.4, 0.5) is 0 Å². The number of aliphatic hydroxyl groups is 2. The molecule has 2 fully saturated rings. The summed E-state index contributed by atoms with van der Waals surface area (Å²) in [5, 5.41) is 22.8. The SMILES string of the molecule is CC(C)CCC[C@@H](C)[C@H]1CC[C@H]2C3=C(C(O)C[C@]12C)[C@@]1(C)CCCC[C@@H]1CC3O. The van der Waals surface area contributed by atoms with Crippen LogP contribution < -0.4 is 0 Å². The first-order valence-corrected chi connectivity index (χ1v) is 12.8. The van der Waals surface area contributed by atoms with Crippen molar-refractivity contribution in [2.45, 2.75) is 117 Å². The fourth-order valence-electron chi connectivity index (χ4n) is 8.61. The largest absolute Gasteiger partial charge is 0.389 e. The van der Waals surface area contributed by atoms with Gasteiger partial charge in [0.05, 0.1) is 12.2 Å². The number of hydrogen-bond donors (Lipinski definition) is 2. The van der Waals surface area contributed by atoms with Gasteiger partial charge in [-0.1, -0.05) is 66.7 Å². The van der Waals surface area contributed by atoms with Gasteiger partial charge in [0.1, 0.15) is 0 Å². The zero-order valence-corrected chi connectivity index (χ0v) is 19.7. The third-order valence-electron chi connectivity index (χ3n) is 10.1. The molecule has 0 spiro atoms. The summed E-state index contributed by atoms with van der Waals surface area (Å²) < 4.78 is 0. The monoisotopic (exact) mass is 402 g/mol. The molecular weight excluding hydrogens is 356 g/mol. The fourth-order valence-corrected chi connectivity index (χ4v) is 8.61. The van der Waals surface area contributed by atoms with Gasteiger partial charge in [0.25, 0.3) is 0 Å². The molecule has 0 bridgehead atoms. The first kappa shape index (κ1) is 21.9. The van der Waals surface area contributed by atoms with Crippen molar-refractivity contribution in [1.29, 1.82) is 0 Å². The van der Waals surface area contributed by atoms with E-state index in [1.807, 2.05) is 0 Å². The lowest BCUT2D eigenvalue weighted by Gasteiger charge is -2.57. The van der Waals surface area contributed by atoms with Crippen LogP contribution in [0, 0.1) is 40.4 Å². The molecule has 0 amide bonds. The molecule has 2 unspecified atom stereocenters. The van der Waals surface area contributed by atoms with Crippen molar-refractivity contribution in [3.05, 3.63) is 11.1 Å². The van der Waals surface area contributed by atoms with Crippen molar-refractivity contribution in [3.8, 4) is 0 Å². The number of fused-ring (bicyclic) bond motifs is 4. The zero-order chi connectivity index (χ0) is 21.0. The highest BCUT2D eigenvalue weighted by Crippen LogP contribution is 2.66. The van der Waals surface area contributed by atoms with Gasteiger partial charge in [-0.05, 0) is 90.1 Å². The smallest absolute Gasteiger partial charge is 0.0764 e. The van der Waals surface area contributed by atoms with Gasteiger partial charge in [-0.2, -0.15) is 0 Å². The van der Waals surface area contributed by atoms with Gasteiger partial charge in [-0.3, -0.25) is 0 Å². The molecule has 2 nitrogen and oxygen atoms in total. The summed E-state index contributed by atoms with van der Waals surface area (Å²) in [7, 11) is 0. The van der Waals surface area contributed by atoms with Gasteiger partial charge in [-0.15, -0.1) is 0 Å². The highest BCUT2D eigenvalue weighted by atomic mass is 16.3. The van der Waals surface area contributed by atoms with Crippen LogP contribution in [0.25, 0.3) is 0 Å². The molecule has 0 aromatic rings. The average Bonchev–Trinajstić information content (AvgIpc) is 2.98. The standard InChI is InChI=1S/C27H46O2/c1-17(2)9-8-10-18(3)20-12-13-21-24-22(28)15-19-11-6-7-14-26(19,4)25(24)23(29)16-27(20,21)5/h17-23,28-29H,6-16H2,1-5H3/t18-,19-,20-,21+,22?,23?,26+,27-/m1/s1. The average molecular weight is 403 g/mol. The van der Waals surface area contributed by atoms with Gasteiger partial charge in [-0.25, -0.2) is 0 Å². The number of rotatable bonds is 5. The maximum Gasteiger partial charge on any atom is 0.0764 e. The molecule has 0 heterocycles. The molecule has 2 heteroatoms. The lowest BCUT2D eigenvalue weighted by Crippen LogP contribution is -2.52. The minimum absolute atomic E-state index is 0.133. The summed E-state index contributed by atoms with van der Waals surface area (Å²) in [6, 6.07) is 0. The number of aliphatic hydroxyl groups excluding tert-OH is 2. The molecule has 0 saturated heterocycles. The normalized spacial score (nSPS) is 45.7. The third-order valence-corrected chi connectivity index (χ3v) is 10.1. The molecule has 29 heavy (non-hydrogen) atoms. The van der Waals surface area contributed by atoms with E-state index in [1.165, 1.54) is 68.9 Å². The van der Waals surface area contributed by atoms with E-state index in [2.05, 4.69) is 34.6 Å². The Morgan fingerprint density at radius 3 is 2.45 bits per heavy atom. The van der Waals surface area contributed by atoms with E-state index in [9.17, 15) is 10.2 Å². The lowest BCUT2D eigenvalue weighted by molar-refractivity contribution is -0.0227. The molecule has 4 aliphatic carbocycles. The van der Waals surface area contributed by atoms with Crippen molar-refractivity contribution in [1.82, 2.24) is 0 Å². The highest BCUT2D eigenvalue weighted by molar-refractivity contribution is 5.39. The molecule has 0 aromatic heterocycles. The Kier molecular flexibility index (Phi) is 6.01. The van der Waals surface area contributed by atoms with Crippen LogP contribution in [0.1, 0.15) is 105 Å². The predicted molar refractivity (Wildman–Crippen MR) is 121 cm³/mol. The Balaban J connectivity index is 1.62. The number of hydrogen-bond acceptors (Lipinski definition) is 2. The summed E-state index contributed by atoms with van der Waals surface area (Å²) >= 11 is 0. The summed E-state index contributed by atoms with van der Waals surface area (Å²) in [6.07, 6.45) is 12.7. The first-order valence-electron chi connectivity index (χ1n) is 12.8. The van der Waals surface area contributed by atoms with Crippen molar-refractivity contribution in [2.24, 2.45) is 40.4 Å². The summed E-state index contributed by atoms with van der Waals surface area (Å²) in [6.45, 7) is 12.0. The van der Waals surface area contributed by atoms with Gasteiger partial charge in [0.2, 0.25) is 0 Å². The molecule has 4 aliphatic rings. The van der Waals surface area contributed by atoms with E-state index < -0.39 is 0 Å². The topological polar surface area (TPSA) is 40.5 Å². The zero-order valence-electron chi connectivity index (χ0n) is 19.7. The second-order valence-electron chi connectivity index (χ2n) is 12.2. The van der Waals surface area contributed by atoms with E-state index in [-0.39, 0.29) is 23.0 Å². The Morgan fingerprint density at radius 1 is 0.966 bits per heavy atom. The molecule has 2 saturated carbocycles. The third kappa shape index (κ3) is 3.55. The summed E-state index contributed by atoms with van der Waals surface area (Å²) in [4.78, 5) is 0. The lowest BCUT2D eigenvalue weighted by atomic mass is 9.49. The van der Waals surface area contributed by atoms with Gasteiger partial charge >= 0.3 is 0 Å². The van der Waals surface area contributed by atoms with Crippen LogP contribution in [0.3, 0.4) is 0 Å². The minimum atomic E-state index is -0.338. The Morgan fingerprint density at radius 2 is 1.72 bits per heavy atom. The van der Waals surface area contributed by atoms with Crippen LogP contribution in [-0.4, -0.2) is 22.4 Å². The van der Waals surface area contributed by atoms with E-state index in [0.29, 0.717) is 17.8 Å². The van der Waals surface area contributed by atoms with Crippen LogP contribution in [0.5, 0.6) is 0 Å². The van der Waals surface area contributed by atoms with Gasteiger partial charge in [0.15, 0.2) is 0 Å². The van der Waals surface area contributed by atoms with Crippen LogP contribution in [-0.2, 0) is 0 Å². The van der Waals surface area contributed by atoms with Crippen molar-refractivity contribution in [2.75, 3.05) is 0 Å². The molecule has 166 valence electrons. The highest BCUT2D eigenvalue weighted by Gasteiger charge is 2.59. The molecule has 0 radical (unpaired) electrons. The molecule has 0 aliphatic heterocycles. The van der Waals surface area contributed by atoms with Gasteiger partial charge < -0.3 is 10.2 Å². The van der Waals surface area contributed by atoms with Crippen LogP contribution >= 0.6 is 0 Å². The Hall–Kier alpha value is -0.340. The minimum Gasteiger partial charge on any atom is -0.389 e. The second kappa shape index (κ2) is 7.97. The van der Waals surface area contributed by atoms with Crippen LogP contribution in [0.2, 0.25) is 0 Å². The molecular formula is C27H46O2. The predicted octanol–water partition coefficient (Wildman–Crippen LogP) is 6.50. The fraction of sp³-hybridized carbons (Fsp3) is 0.926. The van der Waals surface area contributed by atoms with E-state index in [0.717, 1.165) is 24.7 Å². The van der Waals surface area contributed by atoms with E-state index in [4.69, 9.17) is 0 Å². The maximum atomic E-state index is 11.5. The van der Waals surface area contributed by atoms with E-state index >= 15 is 0 Å². The Labute approximate surface area is 179 Å². The van der Waals surface area contributed by atoms with Gasteiger partial charge in [0, 0.05) is 0 Å². The maximum absolute atomic E-state index is 11.5. The summed E-state index contributed by atoms with van der Waals surface area (Å²) in [5.74, 6) is 3.26. The molecule has 8 atom stereocenters.